The van der Waals surface area contributed by atoms with Gasteiger partial charge in [-0.2, -0.15) is 5.10 Å². The topological polar surface area (TPSA) is 96.3 Å². The quantitative estimate of drug-likeness (QED) is 0.385. The van der Waals surface area contributed by atoms with Crippen molar-refractivity contribution in [1.82, 2.24) is 29.7 Å². The lowest BCUT2D eigenvalue weighted by Crippen LogP contribution is -2.08. The number of aromatic nitrogens is 6. The number of H-pyrrole nitrogens is 1. The molecule has 0 radical (unpaired) electrons. The number of rotatable bonds is 6. The molecule has 0 saturated heterocycles. The summed E-state index contributed by atoms with van der Waals surface area (Å²) in [5.74, 6) is -0.755. The molecule has 31 heavy (non-hydrogen) atoms. The summed E-state index contributed by atoms with van der Waals surface area (Å²) in [5, 5.41) is 10.6. The van der Waals surface area contributed by atoms with Crippen molar-refractivity contribution in [2.24, 2.45) is 7.05 Å². The van der Waals surface area contributed by atoms with Crippen LogP contribution < -0.4 is 10.6 Å². The summed E-state index contributed by atoms with van der Waals surface area (Å²) in [6.07, 6.45) is 4.02. The second kappa shape index (κ2) is 7.63. The van der Waals surface area contributed by atoms with Crippen LogP contribution in [-0.4, -0.2) is 36.3 Å². The summed E-state index contributed by atoms with van der Waals surface area (Å²) in [7, 11) is 1.86. The second-order valence-electron chi connectivity index (χ2n) is 7.06. The molecule has 5 aromatic rings. The third-order valence-electron chi connectivity index (χ3n) is 5.00. The number of hydrogen-bond donors (Lipinski definition) is 3. The van der Waals surface area contributed by atoms with Crippen molar-refractivity contribution in [1.29, 1.82) is 0 Å². The van der Waals surface area contributed by atoms with Gasteiger partial charge < -0.3 is 15.6 Å². The molecule has 0 spiro atoms. The Kier molecular flexibility index (Phi) is 4.66. The van der Waals surface area contributed by atoms with Crippen LogP contribution in [0.3, 0.4) is 0 Å². The fourth-order valence-electron chi connectivity index (χ4n) is 3.43. The molecule has 3 N–H and O–H groups in total. The second-order valence-corrected chi connectivity index (χ2v) is 7.06. The minimum absolute atomic E-state index is 0.0393. The standard InChI is InChI=1S/C21H18F2N8/c1-31-19-16(10-27-31)25-11-26-20(19)24-9-8-12-2-4-13(5-3-12)28-21-29-15-7-6-14(22)17(23)18(15)30-21/h2-7,10-11H,8-9H2,1H3,(H,24,25,26)(H2,28,29,30). The molecule has 0 unspecified atom stereocenters. The van der Waals surface area contributed by atoms with Gasteiger partial charge in [0.25, 0.3) is 0 Å². The molecule has 0 amide bonds. The van der Waals surface area contributed by atoms with E-state index in [4.69, 9.17) is 0 Å². The lowest BCUT2D eigenvalue weighted by molar-refractivity contribution is 0.515. The van der Waals surface area contributed by atoms with E-state index < -0.39 is 11.6 Å². The molecule has 0 aliphatic carbocycles. The van der Waals surface area contributed by atoms with Crippen LogP contribution in [0.15, 0.2) is 48.9 Å². The van der Waals surface area contributed by atoms with Crippen molar-refractivity contribution in [3.8, 4) is 0 Å². The molecule has 156 valence electrons. The third kappa shape index (κ3) is 3.63. The fraction of sp³-hybridized carbons (Fsp3) is 0.143. The van der Waals surface area contributed by atoms with E-state index in [9.17, 15) is 8.78 Å². The summed E-state index contributed by atoms with van der Waals surface area (Å²) >= 11 is 0. The Hall–Kier alpha value is -4.08. The Morgan fingerprint density at radius 2 is 1.87 bits per heavy atom. The number of anilines is 3. The molecule has 0 aliphatic heterocycles. The highest BCUT2D eigenvalue weighted by Crippen LogP contribution is 2.22. The van der Waals surface area contributed by atoms with Crippen LogP contribution in [0.4, 0.5) is 26.2 Å². The highest BCUT2D eigenvalue weighted by atomic mass is 19.2. The highest BCUT2D eigenvalue weighted by molar-refractivity contribution is 5.84. The van der Waals surface area contributed by atoms with Crippen LogP contribution in [0.1, 0.15) is 5.56 Å². The van der Waals surface area contributed by atoms with Gasteiger partial charge in [-0.3, -0.25) is 4.68 Å². The Morgan fingerprint density at radius 3 is 2.71 bits per heavy atom. The van der Waals surface area contributed by atoms with Crippen molar-refractivity contribution in [2.75, 3.05) is 17.2 Å². The van der Waals surface area contributed by atoms with Gasteiger partial charge in [0.1, 0.15) is 22.9 Å². The summed E-state index contributed by atoms with van der Waals surface area (Å²) < 4.78 is 28.9. The number of aryl methyl sites for hydroxylation is 1. The minimum Gasteiger partial charge on any atom is -0.368 e. The number of imidazole rings is 1. The lowest BCUT2D eigenvalue weighted by atomic mass is 10.1. The molecule has 5 rings (SSSR count). The zero-order chi connectivity index (χ0) is 21.4. The van der Waals surface area contributed by atoms with E-state index in [2.05, 4.69) is 35.7 Å². The Morgan fingerprint density at radius 1 is 1.03 bits per heavy atom. The maximum atomic E-state index is 13.8. The van der Waals surface area contributed by atoms with Crippen molar-refractivity contribution in [3.63, 3.8) is 0 Å². The predicted molar refractivity (Wildman–Crippen MR) is 114 cm³/mol. The summed E-state index contributed by atoms with van der Waals surface area (Å²) in [6, 6.07) is 10.3. The molecule has 0 saturated carbocycles. The molecule has 0 aliphatic rings. The number of hydrogen-bond acceptors (Lipinski definition) is 6. The maximum absolute atomic E-state index is 13.8. The summed E-state index contributed by atoms with van der Waals surface area (Å²) in [6.45, 7) is 0.693. The average Bonchev–Trinajstić information content (AvgIpc) is 3.36. The van der Waals surface area contributed by atoms with Crippen LogP contribution in [0, 0.1) is 11.6 Å². The molecule has 3 aromatic heterocycles. The number of benzene rings is 2. The number of aromatic amines is 1. The zero-order valence-corrected chi connectivity index (χ0v) is 16.5. The van der Waals surface area contributed by atoms with E-state index in [0.29, 0.717) is 18.0 Å². The molecule has 0 fully saturated rings. The van der Waals surface area contributed by atoms with E-state index in [1.54, 1.807) is 10.9 Å². The van der Waals surface area contributed by atoms with E-state index in [1.807, 2.05) is 31.3 Å². The van der Waals surface area contributed by atoms with Crippen molar-refractivity contribution in [3.05, 3.63) is 66.1 Å². The van der Waals surface area contributed by atoms with Crippen LogP contribution in [-0.2, 0) is 13.5 Å². The lowest BCUT2D eigenvalue weighted by Gasteiger charge is -2.08. The third-order valence-corrected chi connectivity index (χ3v) is 5.00. The van der Waals surface area contributed by atoms with Crippen LogP contribution in [0.25, 0.3) is 22.1 Å². The predicted octanol–water partition coefficient (Wildman–Crippen LogP) is 3.92. The molecular weight excluding hydrogens is 402 g/mol. The van der Waals surface area contributed by atoms with Crippen molar-refractivity contribution in [2.45, 2.75) is 6.42 Å². The first-order valence-electron chi connectivity index (χ1n) is 9.65. The minimum atomic E-state index is -0.937. The normalized spacial score (nSPS) is 11.3. The Balaban J connectivity index is 1.23. The van der Waals surface area contributed by atoms with E-state index in [1.165, 1.54) is 12.4 Å². The van der Waals surface area contributed by atoms with Gasteiger partial charge in [0, 0.05) is 19.3 Å². The first kappa shape index (κ1) is 18.9. The molecule has 0 bridgehead atoms. The number of halogens is 2. The van der Waals surface area contributed by atoms with Gasteiger partial charge in [-0.1, -0.05) is 12.1 Å². The van der Waals surface area contributed by atoms with Crippen molar-refractivity contribution < 1.29 is 8.78 Å². The van der Waals surface area contributed by atoms with Crippen molar-refractivity contribution >= 4 is 39.5 Å². The molecule has 0 atom stereocenters. The SMILES string of the molecule is Cn1ncc2ncnc(NCCc3ccc(Nc4nc5ccc(F)c(F)c5[nH]4)cc3)c21. The number of fused-ring (bicyclic) bond motifs is 2. The fourth-order valence-corrected chi connectivity index (χ4v) is 3.43. The van der Waals surface area contributed by atoms with Gasteiger partial charge in [0.15, 0.2) is 17.5 Å². The number of nitrogens with one attached hydrogen (secondary N) is 3. The summed E-state index contributed by atoms with van der Waals surface area (Å²) in [4.78, 5) is 15.5. The van der Waals surface area contributed by atoms with E-state index in [-0.39, 0.29) is 5.52 Å². The molecule has 10 heteroatoms. The van der Waals surface area contributed by atoms with Crippen LogP contribution in [0.2, 0.25) is 0 Å². The zero-order valence-electron chi connectivity index (χ0n) is 16.5. The Bertz CT molecular complexity index is 1370. The van der Waals surface area contributed by atoms with Gasteiger partial charge in [-0.25, -0.2) is 23.7 Å². The highest BCUT2D eigenvalue weighted by Gasteiger charge is 2.12. The molecular formula is C21H18F2N8. The first-order valence-corrected chi connectivity index (χ1v) is 9.65. The largest absolute Gasteiger partial charge is 0.368 e. The van der Waals surface area contributed by atoms with Gasteiger partial charge in [-0.05, 0) is 36.2 Å². The molecule has 3 heterocycles. The van der Waals surface area contributed by atoms with Gasteiger partial charge in [0.05, 0.1) is 11.7 Å². The van der Waals surface area contributed by atoms with Gasteiger partial charge in [0.2, 0.25) is 5.95 Å². The summed E-state index contributed by atoms with van der Waals surface area (Å²) in [5.41, 5.74) is 3.97. The Labute approximate surface area is 175 Å². The molecule has 8 nitrogen and oxygen atoms in total. The van der Waals surface area contributed by atoms with Gasteiger partial charge >= 0.3 is 0 Å². The molecule has 2 aromatic carbocycles. The number of nitrogens with zero attached hydrogens (tertiary/aromatic N) is 5. The van der Waals surface area contributed by atoms with Gasteiger partial charge in [-0.15, -0.1) is 0 Å². The van der Waals surface area contributed by atoms with Crippen LogP contribution >= 0.6 is 0 Å². The monoisotopic (exact) mass is 420 g/mol. The van der Waals surface area contributed by atoms with E-state index in [0.717, 1.165) is 40.6 Å². The van der Waals surface area contributed by atoms with Crippen LogP contribution in [0.5, 0.6) is 0 Å². The smallest absolute Gasteiger partial charge is 0.205 e. The average molecular weight is 420 g/mol. The first-order chi connectivity index (χ1) is 15.1. The van der Waals surface area contributed by atoms with E-state index >= 15 is 0 Å². The maximum Gasteiger partial charge on any atom is 0.205 e.